The summed E-state index contributed by atoms with van der Waals surface area (Å²) in [5.41, 5.74) is 4.47. The smallest absolute Gasteiger partial charge is 0.262 e. The zero-order valence-corrected chi connectivity index (χ0v) is 17.3. The molecule has 0 saturated heterocycles. The van der Waals surface area contributed by atoms with Gasteiger partial charge in [0.1, 0.15) is 5.82 Å². The van der Waals surface area contributed by atoms with E-state index in [0.717, 1.165) is 29.5 Å². The van der Waals surface area contributed by atoms with Crippen molar-refractivity contribution in [3.05, 3.63) is 82.8 Å². The van der Waals surface area contributed by atoms with Crippen LogP contribution in [0.3, 0.4) is 0 Å². The van der Waals surface area contributed by atoms with E-state index in [1.165, 1.54) is 5.56 Å². The van der Waals surface area contributed by atoms with E-state index in [-0.39, 0.29) is 11.1 Å². The Kier molecular flexibility index (Phi) is 4.85. The van der Waals surface area contributed by atoms with Crippen LogP contribution in [0.2, 0.25) is 0 Å². The Morgan fingerprint density at radius 2 is 1.82 bits per heavy atom. The SMILES string of the molecule is Cc1ccc(CN(C2CCc3ccccc32)S(=O)(=O)c2cn(C)c(C)n2)cc1. The average Bonchev–Trinajstić information content (AvgIpc) is 3.25. The first-order chi connectivity index (χ1) is 13.4. The molecule has 0 spiro atoms. The standard InChI is InChI=1S/C22H25N3O2S/c1-16-8-10-18(11-9-16)14-25(21-13-12-19-6-4-5-7-20(19)21)28(26,27)22-15-24(3)17(2)23-22/h4-11,15,21H,12-14H2,1-3H3. The summed E-state index contributed by atoms with van der Waals surface area (Å²) in [4.78, 5) is 4.32. The first-order valence-electron chi connectivity index (χ1n) is 9.51. The van der Waals surface area contributed by atoms with Gasteiger partial charge in [-0.25, -0.2) is 13.4 Å². The number of sulfonamides is 1. The van der Waals surface area contributed by atoms with Crippen molar-refractivity contribution in [2.45, 2.75) is 44.3 Å². The van der Waals surface area contributed by atoms with Crippen LogP contribution in [0.5, 0.6) is 0 Å². The van der Waals surface area contributed by atoms with Crippen molar-refractivity contribution in [2.75, 3.05) is 0 Å². The number of rotatable bonds is 5. The molecule has 1 unspecified atom stereocenters. The van der Waals surface area contributed by atoms with Crippen molar-refractivity contribution in [3.8, 4) is 0 Å². The third-order valence-electron chi connectivity index (χ3n) is 5.57. The van der Waals surface area contributed by atoms with Gasteiger partial charge in [-0.15, -0.1) is 0 Å². The highest BCUT2D eigenvalue weighted by molar-refractivity contribution is 7.89. The Balaban J connectivity index is 1.78. The molecule has 0 N–H and O–H groups in total. The quantitative estimate of drug-likeness (QED) is 0.658. The average molecular weight is 396 g/mol. The largest absolute Gasteiger partial charge is 0.337 e. The summed E-state index contributed by atoms with van der Waals surface area (Å²) in [5, 5.41) is 0.115. The van der Waals surface area contributed by atoms with Crippen molar-refractivity contribution in [1.82, 2.24) is 13.9 Å². The first kappa shape index (κ1) is 18.9. The second-order valence-electron chi connectivity index (χ2n) is 7.53. The van der Waals surface area contributed by atoms with Gasteiger partial charge in [-0.1, -0.05) is 54.1 Å². The Morgan fingerprint density at radius 1 is 1.11 bits per heavy atom. The summed E-state index contributed by atoms with van der Waals surface area (Å²) >= 11 is 0. The molecule has 3 aromatic rings. The van der Waals surface area contributed by atoms with Crippen molar-refractivity contribution in [1.29, 1.82) is 0 Å². The lowest BCUT2D eigenvalue weighted by Crippen LogP contribution is -2.34. The van der Waals surface area contributed by atoms with Gasteiger partial charge in [-0.05, 0) is 43.4 Å². The van der Waals surface area contributed by atoms with Crippen LogP contribution in [0.4, 0.5) is 0 Å². The second-order valence-corrected chi connectivity index (χ2v) is 9.36. The van der Waals surface area contributed by atoms with E-state index in [9.17, 15) is 8.42 Å². The highest BCUT2D eigenvalue weighted by Crippen LogP contribution is 2.39. The van der Waals surface area contributed by atoms with Crippen molar-refractivity contribution >= 4 is 10.0 Å². The molecule has 0 bridgehead atoms. The van der Waals surface area contributed by atoms with Gasteiger partial charge in [0.2, 0.25) is 0 Å². The molecular weight excluding hydrogens is 370 g/mol. The molecule has 1 aliphatic carbocycles. The summed E-state index contributed by atoms with van der Waals surface area (Å²) in [6, 6.07) is 16.0. The molecule has 1 heterocycles. The van der Waals surface area contributed by atoms with E-state index in [1.54, 1.807) is 15.1 Å². The van der Waals surface area contributed by atoms with Gasteiger partial charge < -0.3 is 4.57 Å². The molecule has 1 atom stereocenters. The van der Waals surface area contributed by atoms with Crippen LogP contribution in [0, 0.1) is 13.8 Å². The molecule has 0 fully saturated rings. The maximum Gasteiger partial charge on any atom is 0.262 e. The van der Waals surface area contributed by atoms with Crippen LogP contribution in [-0.4, -0.2) is 22.3 Å². The van der Waals surface area contributed by atoms with Crippen LogP contribution in [0.1, 0.15) is 40.5 Å². The summed E-state index contributed by atoms with van der Waals surface area (Å²) in [6.45, 7) is 4.17. The number of nitrogens with zero attached hydrogens (tertiary/aromatic N) is 3. The Bertz CT molecular complexity index is 1080. The molecule has 28 heavy (non-hydrogen) atoms. The predicted octanol–water partition coefficient (Wildman–Crippen LogP) is 3.92. The summed E-state index contributed by atoms with van der Waals surface area (Å²) in [7, 11) is -1.92. The maximum atomic E-state index is 13.6. The number of aryl methyl sites for hydroxylation is 4. The molecule has 0 amide bonds. The highest BCUT2D eigenvalue weighted by atomic mass is 32.2. The monoisotopic (exact) mass is 395 g/mol. The molecule has 0 saturated carbocycles. The van der Waals surface area contributed by atoms with E-state index in [0.29, 0.717) is 12.4 Å². The Morgan fingerprint density at radius 3 is 2.50 bits per heavy atom. The van der Waals surface area contributed by atoms with Crippen LogP contribution in [-0.2, 0) is 30.0 Å². The molecule has 2 aromatic carbocycles. The lowest BCUT2D eigenvalue weighted by molar-refractivity contribution is 0.315. The van der Waals surface area contributed by atoms with Gasteiger partial charge in [0.05, 0.1) is 6.04 Å². The second kappa shape index (κ2) is 7.18. The molecular formula is C22H25N3O2S. The summed E-state index contributed by atoms with van der Waals surface area (Å²) in [6.07, 6.45) is 3.28. The van der Waals surface area contributed by atoms with E-state index >= 15 is 0 Å². The molecule has 6 heteroatoms. The van der Waals surface area contributed by atoms with E-state index in [2.05, 4.69) is 11.1 Å². The fraction of sp³-hybridized carbons (Fsp3) is 0.318. The molecule has 146 valence electrons. The summed E-state index contributed by atoms with van der Waals surface area (Å²) < 4.78 is 30.6. The van der Waals surface area contributed by atoms with Gasteiger partial charge in [0.25, 0.3) is 10.0 Å². The van der Waals surface area contributed by atoms with Gasteiger partial charge in [-0.3, -0.25) is 0 Å². The van der Waals surface area contributed by atoms with Gasteiger partial charge in [-0.2, -0.15) is 4.31 Å². The molecule has 5 nitrogen and oxygen atoms in total. The minimum Gasteiger partial charge on any atom is -0.337 e. The van der Waals surface area contributed by atoms with Crippen molar-refractivity contribution in [2.24, 2.45) is 7.05 Å². The zero-order chi connectivity index (χ0) is 19.9. The minimum atomic E-state index is -3.74. The number of aromatic nitrogens is 2. The zero-order valence-electron chi connectivity index (χ0n) is 16.5. The first-order valence-corrected chi connectivity index (χ1v) is 11.0. The molecule has 1 aromatic heterocycles. The third kappa shape index (κ3) is 3.38. The highest BCUT2D eigenvalue weighted by Gasteiger charge is 2.37. The fourth-order valence-corrected chi connectivity index (χ4v) is 5.49. The number of fused-ring (bicyclic) bond motifs is 1. The number of benzene rings is 2. The molecule has 0 aliphatic heterocycles. The normalized spacial score (nSPS) is 16.5. The summed E-state index contributed by atoms with van der Waals surface area (Å²) in [5.74, 6) is 0.681. The predicted molar refractivity (Wildman–Crippen MR) is 109 cm³/mol. The lowest BCUT2D eigenvalue weighted by Gasteiger charge is -2.28. The van der Waals surface area contributed by atoms with Crippen LogP contribution in [0.15, 0.2) is 59.8 Å². The number of imidazole rings is 1. The van der Waals surface area contributed by atoms with Gasteiger partial charge >= 0.3 is 0 Å². The Labute approximate surface area is 166 Å². The maximum absolute atomic E-state index is 13.6. The van der Waals surface area contributed by atoms with E-state index in [1.807, 2.05) is 63.4 Å². The molecule has 0 radical (unpaired) electrons. The van der Waals surface area contributed by atoms with Gasteiger partial charge in [0, 0.05) is 19.8 Å². The third-order valence-corrected chi connectivity index (χ3v) is 7.29. The van der Waals surface area contributed by atoms with Crippen molar-refractivity contribution < 1.29 is 8.42 Å². The minimum absolute atomic E-state index is 0.115. The van der Waals surface area contributed by atoms with Crippen molar-refractivity contribution in [3.63, 3.8) is 0 Å². The Hall–Kier alpha value is -2.44. The van der Waals surface area contributed by atoms with E-state index < -0.39 is 10.0 Å². The fourth-order valence-electron chi connectivity index (χ4n) is 3.84. The number of hydrogen-bond donors (Lipinski definition) is 0. The van der Waals surface area contributed by atoms with E-state index in [4.69, 9.17) is 0 Å². The molecule has 1 aliphatic rings. The molecule has 4 rings (SSSR count). The van der Waals surface area contributed by atoms with Gasteiger partial charge in [0.15, 0.2) is 5.03 Å². The van der Waals surface area contributed by atoms with Crippen LogP contribution >= 0.6 is 0 Å². The topological polar surface area (TPSA) is 55.2 Å². The van der Waals surface area contributed by atoms with Crippen LogP contribution in [0.25, 0.3) is 0 Å². The van der Waals surface area contributed by atoms with Crippen LogP contribution < -0.4 is 0 Å². The number of hydrogen-bond acceptors (Lipinski definition) is 3. The lowest BCUT2D eigenvalue weighted by atomic mass is 10.1.